The van der Waals surface area contributed by atoms with E-state index in [9.17, 15) is 14.6 Å². The molecule has 0 aromatic rings. The van der Waals surface area contributed by atoms with Gasteiger partial charge in [-0.2, -0.15) is 11.8 Å². The summed E-state index contributed by atoms with van der Waals surface area (Å²) >= 11 is 1.42. The molecule has 108 valence electrons. The molecule has 0 spiro atoms. The van der Waals surface area contributed by atoms with Crippen LogP contribution in [0.5, 0.6) is 0 Å². The van der Waals surface area contributed by atoms with E-state index < -0.39 is 25.1 Å². The van der Waals surface area contributed by atoms with Crippen LogP contribution < -0.4 is 11.1 Å². The zero-order valence-corrected chi connectivity index (χ0v) is 11.4. The van der Waals surface area contributed by atoms with Gasteiger partial charge in [0.2, 0.25) is 5.91 Å². The molecule has 2 unspecified atom stereocenters. The number of nitrogens with two attached hydrogens (primary N) is 1. The highest BCUT2D eigenvalue weighted by atomic mass is 32.2. The fraction of sp³-hybridized carbons (Fsp3) is 0.800. The third-order valence-electron chi connectivity index (χ3n) is 2.72. The van der Waals surface area contributed by atoms with Crippen LogP contribution in [-0.2, 0) is 14.2 Å². The van der Waals surface area contributed by atoms with Gasteiger partial charge in [-0.3, -0.25) is 9.59 Å². The third-order valence-corrected chi connectivity index (χ3v) is 3.71. The molecular weight excluding hydrogens is 271 g/mol. The smallest absolute Gasteiger partial charge is 0.478 e. The molecular formula is C10H19BN2O5S. The Balaban J connectivity index is 2.29. The Morgan fingerprint density at radius 2 is 2.21 bits per heavy atom. The second kappa shape index (κ2) is 8.41. The quantitative estimate of drug-likeness (QED) is 0.344. The molecule has 1 heterocycles. The number of amides is 1. The first-order chi connectivity index (χ1) is 9.02. The summed E-state index contributed by atoms with van der Waals surface area (Å²) in [6.07, 6.45) is 0.382. The van der Waals surface area contributed by atoms with Crippen molar-refractivity contribution in [2.45, 2.75) is 31.3 Å². The van der Waals surface area contributed by atoms with Gasteiger partial charge in [-0.25, -0.2) is 0 Å². The van der Waals surface area contributed by atoms with Gasteiger partial charge in [-0.15, -0.1) is 0 Å². The Kier molecular flexibility index (Phi) is 7.21. The van der Waals surface area contributed by atoms with Crippen LogP contribution in [0.15, 0.2) is 0 Å². The number of carbonyl (C=O) groups excluding carboxylic acids is 1. The first-order valence-corrected chi connectivity index (χ1v) is 7.31. The SMILES string of the molecule is NCCSCC(=O)NC1CCC(CC(=O)O)OB1O. The topological polar surface area (TPSA) is 122 Å². The minimum atomic E-state index is -1.15. The van der Waals surface area contributed by atoms with E-state index in [0.29, 0.717) is 30.9 Å². The number of hydrogen-bond donors (Lipinski definition) is 4. The largest absolute Gasteiger partial charge is 0.481 e. The summed E-state index contributed by atoms with van der Waals surface area (Å²) in [5, 5.41) is 21.0. The lowest BCUT2D eigenvalue weighted by Gasteiger charge is -2.30. The molecule has 0 radical (unpaired) electrons. The zero-order chi connectivity index (χ0) is 14.3. The van der Waals surface area contributed by atoms with Crippen molar-refractivity contribution in [3.05, 3.63) is 0 Å². The van der Waals surface area contributed by atoms with Gasteiger partial charge in [0.15, 0.2) is 0 Å². The lowest BCUT2D eigenvalue weighted by atomic mass is 9.72. The van der Waals surface area contributed by atoms with E-state index in [-0.39, 0.29) is 12.3 Å². The highest BCUT2D eigenvalue weighted by Crippen LogP contribution is 2.18. The van der Waals surface area contributed by atoms with Crippen molar-refractivity contribution in [3.8, 4) is 0 Å². The molecule has 0 aliphatic carbocycles. The molecule has 0 aromatic heterocycles. The van der Waals surface area contributed by atoms with Gasteiger partial charge in [0.25, 0.3) is 0 Å². The number of carboxylic acid groups (broad SMARTS) is 1. The molecule has 1 saturated heterocycles. The van der Waals surface area contributed by atoms with E-state index in [0.717, 1.165) is 0 Å². The highest BCUT2D eigenvalue weighted by molar-refractivity contribution is 7.99. The normalized spacial score (nSPS) is 23.2. The van der Waals surface area contributed by atoms with E-state index in [2.05, 4.69) is 5.32 Å². The minimum Gasteiger partial charge on any atom is -0.481 e. The Hall–Kier alpha value is -0.765. The second-order valence-corrected chi connectivity index (χ2v) is 5.44. The van der Waals surface area contributed by atoms with Crippen molar-refractivity contribution in [3.63, 3.8) is 0 Å². The Morgan fingerprint density at radius 1 is 1.47 bits per heavy atom. The monoisotopic (exact) mass is 290 g/mol. The second-order valence-electron chi connectivity index (χ2n) is 4.34. The molecule has 19 heavy (non-hydrogen) atoms. The van der Waals surface area contributed by atoms with Crippen molar-refractivity contribution in [1.82, 2.24) is 5.32 Å². The van der Waals surface area contributed by atoms with E-state index >= 15 is 0 Å². The van der Waals surface area contributed by atoms with Crippen LogP contribution in [-0.4, -0.2) is 59.2 Å². The van der Waals surface area contributed by atoms with Crippen LogP contribution in [0.1, 0.15) is 19.3 Å². The number of carbonyl (C=O) groups is 2. The van der Waals surface area contributed by atoms with Crippen LogP contribution in [0.25, 0.3) is 0 Å². The van der Waals surface area contributed by atoms with Gasteiger partial charge < -0.3 is 25.8 Å². The molecule has 0 saturated carbocycles. The number of rotatable bonds is 7. The van der Waals surface area contributed by atoms with Crippen molar-refractivity contribution in [1.29, 1.82) is 0 Å². The van der Waals surface area contributed by atoms with Crippen LogP contribution in [0.4, 0.5) is 0 Å². The molecule has 1 aliphatic rings. The molecule has 1 aliphatic heterocycles. The molecule has 1 fully saturated rings. The molecule has 7 nitrogen and oxygen atoms in total. The number of thioether (sulfide) groups is 1. The number of hydrogen-bond acceptors (Lipinski definition) is 6. The van der Waals surface area contributed by atoms with Gasteiger partial charge in [-0.1, -0.05) is 0 Å². The summed E-state index contributed by atoms with van der Waals surface area (Å²) < 4.78 is 5.17. The number of aliphatic carboxylic acids is 1. The lowest BCUT2D eigenvalue weighted by molar-refractivity contribution is -0.139. The molecule has 0 bridgehead atoms. The van der Waals surface area contributed by atoms with Crippen molar-refractivity contribution < 1.29 is 24.4 Å². The zero-order valence-electron chi connectivity index (χ0n) is 10.6. The summed E-state index contributed by atoms with van der Waals surface area (Å²) in [6.45, 7) is 0.518. The third kappa shape index (κ3) is 6.28. The maximum atomic E-state index is 11.6. The van der Waals surface area contributed by atoms with Gasteiger partial charge in [0, 0.05) is 12.3 Å². The van der Waals surface area contributed by atoms with Gasteiger partial charge in [0.1, 0.15) is 0 Å². The molecule has 2 atom stereocenters. The summed E-state index contributed by atoms with van der Waals surface area (Å²) in [5.74, 6) is -0.617. The average Bonchev–Trinajstić information content (AvgIpc) is 2.32. The summed E-state index contributed by atoms with van der Waals surface area (Å²) in [4.78, 5) is 22.1. The number of carboxylic acids is 1. The first-order valence-electron chi connectivity index (χ1n) is 6.15. The van der Waals surface area contributed by atoms with Crippen molar-refractivity contribution in [2.24, 2.45) is 5.73 Å². The molecule has 0 aromatic carbocycles. The average molecular weight is 290 g/mol. The predicted molar refractivity (Wildman–Crippen MR) is 72.6 cm³/mol. The van der Waals surface area contributed by atoms with Gasteiger partial charge >= 0.3 is 13.1 Å². The maximum Gasteiger partial charge on any atom is 0.478 e. The van der Waals surface area contributed by atoms with Gasteiger partial charge in [0.05, 0.1) is 24.2 Å². The summed E-state index contributed by atoms with van der Waals surface area (Å²) in [6, 6.07) is 0. The summed E-state index contributed by atoms with van der Waals surface area (Å²) in [5.41, 5.74) is 5.32. The Labute approximate surface area is 116 Å². The minimum absolute atomic E-state index is 0.135. The highest BCUT2D eigenvalue weighted by Gasteiger charge is 2.36. The van der Waals surface area contributed by atoms with E-state index in [1.165, 1.54) is 11.8 Å². The molecule has 9 heteroatoms. The Bertz CT molecular complexity index is 320. The fourth-order valence-electron chi connectivity index (χ4n) is 1.85. The van der Waals surface area contributed by atoms with Gasteiger partial charge in [-0.05, 0) is 12.8 Å². The van der Waals surface area contributed by atoms with Crippen molar-refractivity contribution >= 4 is 30.8 Å². The van der Waals surface area contributed by atoms with Crippen LogP contribution in [0.3, 0.4) is 0 Å². The Morgan fingerprint density at radius 3 is 2.79 bits per heavy atom. The van der Waals surface area contributed by atoms with Crippen LogP contribution >= 0.6 is 11.8 Å². The van der Waals surface area contributed by atoms with Crippen molar-refractivity contribution in [2.75, 3.05) is 18.1 Å². The molecule has 5 N–H and O–H groups in total. The van der Waals surface area contributed by atoms with E-state index in [4.69, 9.17) is 15.5 Å². The van der Waals surface area contributed by atoms with Crippen LogP contribution in [0, 0.1) is 0 Å². The van der Waals surface area contributed by atoms with E-state index in [1.807, 2.05) is 0 Å². The lowest BCUT2D eigenvalue weighted by Crippen LogP contribution is -2.53. The number of nitrogens with one attached hydrogen (secondary N) is 1. The standard InChI is InChI=1S/C10H19BN2O5S/c12-3-4-19-6-9(14)13-8-2-1-7(5-10(15)16)18-11(8)17/h7-8,17H,1-6,12H2,(H,13,14)(H,15,16). The molecule has 1 amide bonds. The summed E-state index contributed by atoms with van der Waals surface area (Å²) in [7, 11) is -1.15. The fourth-order valence-corrected chi connectivity index (χ4v) is 2.43. The predicted octanol–water partition coefficient (Wildman–Crippen LogP) is -1.16. The first kappa shape index (κ1) is 16.3. The maximum absolute atomic E-state index is 11.6. The van der Waals surface area contributed by atoms with E-state index in [1.54, 1.807) is 0 Å². The van der Waals surface area contributed by atoms with Crippen LogP contribution in [0.2, 0.25) is 0 Å². The molecule has 1 rings (SSSR count).